The highest BCUT2D eigenvalue weighted by molar-refractivity contribution is 4.92. The third kappa shape index (κ3) is 4.97. The second-order valence-electron chi connectivity index (χ2n) is 5.42. The topological polar surface area (TPSA) is 3.24 Å². The van der Waals surface area contributed by atoms with E-state index in [0.29, 0.717) is 38.9 Å². The van der Waals surface area contributed by atoms with Gasteiger partial charge in [0.25, 0.3) is 5.92 Å². The fraction of sp³-hybridized carbons (Fsp3) is 1.00. The zero-order valence-electron chi connectivity index (χ0n) is 13.1. The lowest BCUT2D eigenvalue weighted by molar-refractivity contribution is -0.140. The van der Waals surface area contributed by atoms with Crippen molar-refractivity contribution in [2.24, 2.45) is 5.41 Å². The van der Waals surface area contributed by atoms with Gasteiger partial charge in [-0.05, 0) is 32.4 Å². The molecule has 1 nitrogen and oxygen atoms in total. The van der Waals surface area contributed by atoms with Crippen molar-refractivity contribution in [3.63, 3.8) is 0 Å². The van der Waals surface area contributed by atoms with Crippen LogP contribution in [0.15, 0.2) is 0 Å². The maximum Gasteiger partial charge on any atom is 0.253 e. The lowest BCUT2D eigenvalue weighted by Gasteiger charge is -2.44. The van der Waals surface area contributed by atoms with E-state index in [4.69, 9.17) is 0 Å². The molecule has 1 heterocycles. The van der Waals surface area contributed by atoms with E-state index in [0.717, 1.165) is 0 Å². The minimum absolute atomic E-state index is 0.107. The minimum atomic E-state index is -2.60. The summed E-state index contributed by atoms with van der Waals surface area (Å²) in [6.07, 6.45) is 0.489. The van der Waals surface area contributed by atoms with Crippen LogP contribution in [0.1, 0.15) is 60.3 Å². The first-order valence-corrected chi connectivity index (χ1v) is 7.59. The van der Waals surface area contributed by atoms with Crippen LogP contribution in [0.25, 0.3) is 0 Å². The lowest BCUT2D eigenvalue weighted by atomic mass is 9.74. The fourth-order valence-corrected chi connectivity index (χ4v) is 2.43. The second kappa shape index (κ2) is 8.13. The van der Waals surface area contributed by atoms with Crippen molar-refractivity contribution in [3.05, 3.63) is 0 Å². The van der Waals surface area contributed by atoms with Crippen molar-refractivity contribution in [2.45, 2.75) is 72.4 Å². The van der Waals surface area contributed by atoms with Crippen LogP contribution in [0.4, 0.5) is 13.2 Å². The summed E-state index contributed by atoms with van der Waals surface area (Å²) in [5, 5.41) is 0. The molecule has 1 aliphatic heterocycles. The number of alkyl halides is 3. The van der Waals surface area contributed by atoms with Crippen molar-refractivity contribution >= 4 is 0 Å². The summed E-state index contributed by atoms with van der Waals surface area (Å²) in [7, 11) is 0. The van der Waals surface area contributed by atoms with Gasteiger partial charge in [0, 0.05) is 18.4 Å². The monoisotopic (exact) mass is 281 g/mol. The maximum absolute atomic E-state index is 13.8. The number of halogens is 3. The minimum Gasteiger partial charge on any atom is -0.300 e. The molecule has 0 aromatic rings. The molecule has 0 aromatic carbocycles. The highest BCUT2D eigenvalue weighted by Gasteiger charge is 2.49. The quantitative estimate of drug-likeness (QED) is 0.692. The summed E-state index contributed by atoms with van der Waals surface area (Å²) in [4.78, 5) is 1.97. The molecule has 1 atom stereocenters. The zero-order chi connectivity index (χ0) is 15.1. The highest BCUT2D eigenvalue weighted by Crippen LogP contribution is 2.46. The summed E-state index contributed by atoms with van der Waals surface area (Å²) in [5.74, 6) is -2.60. The normalized spacial score (nSPS) is 21.5. The summed E-state index contributed by atoms with van der Waals surface area (Å²) in [5.41, 5.74) is -0.906. The summed E-state index contributed by atoms with van der Waals surface area (Å²) < 4.78 is 40.8. The Balaban J connectivity index is 0.00000154. The number of hydrogen-bond donors (Lipinski definition) is 0. The maximum atomic E-state index is 13.8. The molecule has 1 rings (SSSR count). The van der Waals surface area contributed by atoms with Crippen LogP contribution in [0.2, 0.25) is 0 Å². The highest BCUT2D eigenvalue weighted by atomic mass is 19.3. The molecule has 4 heteroatoms. The third-order valence-electron chi connectivity index (χ3n) is 4.19. The van der Waals surface area contributed by atoms with Crippen molar-refractivity contribution in [1.29, 1.82) is 0 Å². The van der Waals surface area contributed by atoms with Gasteiger partial charge in [-0.15, -0.1) is 0 Å². The van der Waals surface area contributed by atoms with Crippen LogP contribution in [-0.4, -0.2) is 36.6 Å². The van der Waals surface area contributed by atoms with Gasteiger partial charge in [0.05, 0.1) is 0 Å². The molecule has 1 fully saturated rings. The molecule has 0 spiro atoms. The molecular formula is C15H30F3N. The summed E-state index contributed by atoms with van der Waals surface area (Å²) in [6, 6.07) is 0. The van der Waals surface area contributed by atoms with Crippen LogP contribution in [0.3, 0.4) is 0 Å². The van der Waals surface area contributed by atoms with Gasteiger partial charge in [-0.25, -0.2) is 13.2 Å². The summed E-state index contributed by atoms with van der Waals surface area (Å²) in [6.45, 7) is 10.6. The van der Waals surface area contributed by atoms with Gasteiger partial charge in [0.2, 0.25) is 0 Å². The molecule has 0 radical (unpaired) electrons. The Kier molecular flexibility index (Phi) is 8.02. The average molecular weight is 281 g/mol. The van der Waals surface area contributed by atoms with Crippen molar-refractivity contribution in [1.82, 2.24) is 4.90 Å². The predicted octanol–water partition coefficient (Wildman–Crippen LogP) is 4.91. The van der Waals surface area contributed by atoms with Gasteiger partial charge in [-0.1, -0.05) is 34.6 Å². The molecule has 1 saturated heterocycles. The molecule has 0 aromatic heterocycles. The Hall–Kier alpha value is -0.250. The third-order valence-corrected chi connectivity index (χ3v) is 4.19. The largest absolute Gasteiger partial charge is 0.300 e. The first-order chi connectivity index (χ1) is 8.84. The van der Waals surface area contributed by atoms with Gasteiger partial charge in [-0.3, -0.25) is 0 Å². The molecule has 0 saturated carbocycles. The molecule has 1 aliphatic rings. The van der Waals surface area contributed by atoms with E-state index in [-0.39, 0.29) is 6.42 Å². The van der Waals surface area contributed by atoms with Gasteiger partial charge >= 0.3 is 0 Å². The average Bonchev–Trinajstić information content (AvgIpc) is 2.43. The Morgan fingerprint density at radius 2 is 1.63 bits per heavy atom. The lowest BCUT2D eigenvalue weighted by Crippen LogP contribution is -2.48. The van der Waals surface area contributed by atoms with Gasteiger partial charge in [0.1, 0.15) is 6.17 Å². The Morgan fingerprint density at radius 1 is 1.16 bits per heavy atom. The molecular weight excluding hydrogens is 251 g/mol. The number of likely N-dealkylation sites (tertiary alicyclic amines) is 1. The van der Waals surface area contributed by atoms with Crippen LogP contribution in [0.5, 0.6) is 0 Å². The van der Waals surface area contributed by atoms with Crippen molar-refractivity contribution in [2.75, 3.05) is 19.6 Å². The van der Waals surface area contributed by atoms with Gasteiger partial charge < -0.3 is 4.90 Å². The Morgan fingerprint density at radius 3 is 2.00 bits per heavy atom. The van der Waals surface area contributed by atoms with Gasteiger partial charge in [-0.2, -0.15) is 0 Å². The number of rotatable bonds is 5. The fourth-order valence-electron chi connectivity index (χ4n) is 2.43. The van der Waals surface area contributed by atoms with Crippen LogP contribution >= 0.6 is 0 Å². The van der Waals surface area contributed by atoms with E-state index in [2.05, 4.69) is 0 Å². The van der Waals surface area contributed by atoms with E-state index in [1.54, 1.807) is 6.92 Å². The molecule has 0 amide bonds. The van der Waals surface area contributed by atoms with Crippen LogP contribution in [0, 0.1) is 5.41 Å². The predicted molar refractivity (Wildman–Crippen MR) is 75.6 cm³/mol. The van der Waals surface area contributed by atoms with Crippen molar-refractivity contribution in [3.8, 4) is 0 Å². The standard InChI is InChI=1S/C13H24F3N.C2H6/c1-4-11(14)10-17-8-6-12(3,7-9-17)13(15,16)5-2;1-2/h11H,4-10H2,1-3H3;1-2H3. The zero-order valence-corrected chi connectivity index (χ0v) is 13.1. The number of nitrogens with zero attached hydrogens (tertiary/aromatic N) is 1. The Bertz CT molecular complexity index is 236. The Labute approximate surface area is 116 Å². The van der Waals surface area contributed by atoms with E-state index >= 15 is 0 Å². The van der Waals surface area contributed by atoms with Crippen LogP contribution in [-0.2, 0) is 0 Å². The molecule has 1 unspecified atom stereocenters. The molecule has 0 bridgehead atoms. The number of piperidine rings is 1. The number of hydrogen-bond acceptors (Lipinski definition) is 1. The van der Waals surface area contributed by atoms with Crippen LogP contribution < -0.4 is 0 Å². The van der Waals surface area contributed by atoms with E-state index in [1.165, 1.54) is 6.92 Å². The SMILES string of the molecule is CC.CCC(F)CN1CCC(C)(C(F)(F)CC)CC1. The van der Waals surface area contributed by atoms with Gasteiger partial charge in [0.15, 0.2) is 0 Å². The smallest absolute Gasteiger partial charge is 0.253 e. The first-order valence-electron chi connectivity index (χ1n) is 7.59. The van der Waals surface area contributed by atoms with E-state index in [1.807, 2.05) is 25.7 Å². The molecule has 19 heavy (non-hydrogen) atoms. The van der Waals surface area contributed by atoms with Crippen molar-refractivity contribution < 1.29 is 13.2 Å². The second-order valence-corrected chi connectivity index (χ2v) is 5.42. The van der Waals surface area contributed by atoms with E-state index in [9.17, 15) is 13.2 Å². The first kappa shape index (κ1) is 18.8. The molecule has 0 aliphatic carbocycles. The van der Waals surface area contributed by atoms with E-state index < -0.39 is 17.5 Å². The molecule has 0 N–H and O–H groups in total. The molecule has 116 valence electrons. The summed E-state index contributed by atoms with van der Waals surface area (Å²) >= 11 is 0.